The normalized spacial score (nSPS) is 10.9. The van der Waals surface area contributed by atoms with Crippen molar-refractivity contribution in [2.45, 2.75) is 6.92 Å². The molecule has 3 heteroatoms. The van der Waals surface area contributed by atoms with E-state index >= 15 is 0 Å². The predicted molar refractivity (Wildman–Crippen MR) is 62.9 cm³/mol. The molecule has 0 spiro atoms. The topological polar surface area (TPSA) is 25.2 Å². The molecule has 0 aliphatic rings. The molecule has 0 aliphatic carbocycles. The number of benzene rings is 1. The number of hydrogen-bond donors (Lipinski definition) is 0. The Labute approximate surface area is 88.9 Å². The number of hydrogen-bond acceptors (Lipinski definition) is 2. The van der Waals surface area contributed by atoms with Gasteiger partial charge in [-0.2, -0.15) is 0 Å². The molecule has 3 nitrogen and oxygen atoms in total. The highest BCUT2D eigenvalue weighted by Gasteiger charge is 2.17. The van der Waals surface area contributed by atoms with Crippen LogP contribution in [0.3, 0.4) is 0 Å². The van der Waals surface area contributed by atoms with Crippen LogP contribution in [0, 0.1) is 0 Å². The molecular weight excluding hydrogens is 188 g/mol. The second-order valence-electron chi connectivity index (χ2n) is 3.99. The number of carbonyl (C=O) groups is 1. The van der Waals surface area contributed by atoms with Crippen molar-refractivity contribution in [3.05, 3.63) is 30.4 Å². The van der Waals surface area contributed by atoms with Crippen molar-refractivity contribution < 1.29 is 4.79 Å². The number of nitrogens with zero attached hydrogens (tertiary/aromatic N) is 2. The molecule has 0 unspecified atom stereocenters. The molecule has 2 aromatic rings. The number of carbonyl (C=O) groups excluding carboxylic acids is 1. The highest BCUT2D eigenvalue weighted by Crippen LogP contribution is 2.29. The van der Waals surface area contributed by atoms with E-state index in [0.29, 0.717) is 5.57 Å². The van der Waals surface area contributed by atoms with Crippen molar-refractivity contribution >= 4 is 22.6 Å². The number of aromatic nitrogens is 1. The first kappa shape index (κ1) is 9.77. The van der Waals surface area contributed by atoms with Crippen LogP contribution in [0.25, 0.3) is 11.0 Å². The van der Waals surface area contributed by atoms with E-state index in [1.165, 1.54) is 0 Å². The van der Waals surface area contributed by atoms with Crippen LogP contribution >= 0.6 is 0 Å². The van der Waals surface area contributed by atoms with Crippen molar-refractivity contribution in [3.8, 4) is 0 Å². The van der Waals surface area contributed by atoms with Gasteiger partial charge in [0.2, 0.25) is 0 Å². The van der Waals surface area contributed by atoms with Crippen molar-refractivity contribution in [1.29, 1.82) is 0 Å². The molecular formula is C12H14N2O. The SMILES string of the molecule is C=C(C)C(=O)n1c2ccc1c(N(C)C)c2. The molecule has 0 atom stereocenters. The molecule has 2 bridgehead atoms. The maximum Gasteiger partial charge on any atom is 0.257 e. The van der Waals surface area contributed by atoms with Crippen molar-refractivity contribution in [2.75, 3.05) is 19.0 Å². The first-order chi connectivity index (χ1) is 7.02. The van der Waals surface area contributed by atoms with E-state index in [9.17, 15) is 4.79 Å². The first-order valence-electron chi connectivity index (χ1n) is 4.83. The molecule has 15 heavy (non-hydrogen) atoms. The molecule has 2 aromatic heterocycles. The average molecular weight is 202 g/mol. The lowest BCUT2D eigenvalue weighted by molar-refractivity contribution is 0.0965. The molecule has 0 N–H and O–H groups in total. The van der Waals surface area contributed by atoms with Gasteiger partial charge in [-0.25, -0.2) is 0 Å². The number of allylic oxidation sites excluding steroid dienone is 1. The van der Waals surface area contributed by atoms with Gasteiger partial charge in [0.25, 0.3) is 5.91 Å². The van der Waals surface area contributed by atoms with Crippen LogP contribution in [-0.4, -0.2) is 24.6 Å². The summed E-state index contributed by atoms with van der Waals surface area (Å²) in [6.07, 6.45) is 0. The van der Waals surface area contributed by atoms with Gasteiger partial charge in [-0.3, -0.25) is 9.36 Å². The predicted octanol–water partition coefficient (Wildman–Crippen LogP) is 2.36. The Morgan fingerprint density at radius 1 is 1.40 bits per heavy atom. The first-order valence-corrected chi connectivity index (χ1v) is 4.83. The smallest absolute Gasteiger partial charge is 0.257 e. The van der Waals surface area contributed by atoms with Gasteiger partial charge in [0.15, 0.2) is 0 Å². The van der Waals surface area contributed by atoms with E-state index in [2.05, 4.69) is 6.58 Å². The molecule has 78 valence electrons. The second-order valence-corrected chi connectivity index (χ2v) is 3.99. The molecule has 0 saturated heterocycles. The Balaban J connectivity index is 2.61. The van der Waals surface area contributed by atoms with Crippen molar-refractivity contribution in [2.24, 2.45) is 0 Å². The Kier molecular flexibility index (Phi) is 2.03. The molecule has 0 fully saturated rings. The molecule has 2 rings (SSSR count). The minimum Gasteiger partial charge on any atom is -0.376 e. The zero-order valence-corrected chi connectivity index (χ0v) is 9.24. The minimum absolute atomic E-state index is 0.0295. The zero-order valence-electron chi connectivity index (χ0n) is 9.24. The van der Waals surface area contributed by atoms with E-state index in [-0.39, 0.29) is 5.91 Å². The lowest BCUT2D eigenvalue weighted by Crippen LogP contribution is -2.11. The standard InChI is InChI=1S/C12H14N2O/c1-8(2)12(15)14-9-5-6-10(14)11(7-9)13(3)4/h5-7H,1H2,2-4H3. The van der Waals surface area contributed by atoms with Gasteiger partial charge in [0, 0.05) is 19.7 Å². The fourth-order valence-electron chi connectivity index (χ4n) is 1.75. The molecule has 0 saturated carbocycles. The van der Waals surface area contributed by atoms with E-state index in [1.54, 1.807) is 11.5 Å². The Morgan fingerprint density at radius 3 is 2.53 bits per heavy atom. The quantitative estimate of drug-likeness (QED) is 0.698. The summed E-state index contributed by atoms with van der Waals surface area (Å²) in [4.78, 5) is 13.9. The molecule has 0 aromatic carbocycles. The van der Waals surface area contributed by atoms with Gasteiger partial charge in [0.05, 0.1) is 16.7 Å². The summed E-state index contributed by atoms with van der Waals surface area (Å²) in [5.74, 6) is -0.0295. The monoisotopic (exact) mass is 202 g/mol. The third kappa shape index (κ3) is 1.31. The van der Waals surface area contributed by atoms with Gasteiger partial charge >= 0.3 is 0 Å². The zero-order chi connectivity index (χ0) is 11.2. The van der Waals surface area contributed by atoms with Crippen LogP contribution in [-0.2, 0) is 0 Å². The largest absolute Gasteiger partial charge is 0.376 e. The summed E-state index contributed by atoms with van der Waals surface area (Å²) in [7, 11) is 3.94. The summed E-state index contributed by atoms with van der Waals surface area (Å²) in [6, 6.07) is 5.92. The molecule has 2 heterocycles. The van der Waals surface area contributed by atoms with Crippen LogP contribution < -0.4 is 4.90 Å². The van der Waals surface area contributed by atoms with Gasteiger partial charge in [-0.15, -0.1) is 0 Å². The molecule has 0 aliphatic heterocycles. The Bertz CT molecular complexity index is 522. The third-order valence-corrected chi connectivity index (χ3v) is 2.51. The van der Waals surface area contributed by atoms with Crippen LogP contribution in [0.15, 0.2) is 30.4 Å². The Morgan fingerprint density at radius 2 is 2.07 bits per heavy atom. The van der Waals surface area contributed by atoms with Crippen LogP contribution in [0.5, 0.6) is 0 Å². The molecule has 0 radical (unpaired) electrons. The summed E-state index contributed by atoms with van der Waals surface area (Å²) >= 11 is 0. The Hall–Kier alpha value is -1.77. The fourth-order valence-corrected chi connectivity index (χ4v) is 1.75. The van der Waals surface area contributed by atoms with Crippen LogP contribution in [0.4, 0.5) is 5.69 Å². The summed E-state index contributed by atoms with van der Waals surface area (Å²) in [5, 5.41) is 0. The maximum absolute atomic E-state index is 11.9. The maximum atomic E-state index is 11.9. The van der Waals surface area contributed by atoms with Crippen LogP contribution in [0.2, 0.25) is 0 Å². The van der Waals surface area contributed by atoms with E-state index in [1.807, 2.05) is 37.2 Å². The number of fused-ring (bicyclic) bond motifs is 2. The molecule has 0 amide bonds. The van der Waals surface area contributed by atoms with Gasteiger partial charge < -0.3 is 4.90 Å². The highest BCUT2D eigenvalue weighted by molar-refractivity contribution is 6.05. The van der Waals surface area contributed by atoms with Gasteiger partial charge in [-0.05, 0) is 25.1 Å². The lowest BCUT2D eigenvalue weighted by atomic mass is 10.3. The number of rotatable bonds is 2. The summed E-state index contributed by atoms with van der Waals surface area (Å²) in [5.41, 5.74) is 3.51. The second kappa shape index (κ2) is 3.12. The highest BCUT2D eigenvalue weighted by atomic mass is 16.2. The van der Waals surface area contributed by atoms with Crippen LogP contribution in [0.1, 0.15) is 11.7 Å². The summed E-state index contributed by atoms with van der Waals surface area (Å²) < 4.78 is 1.71. The fraction of sp³-hybridized carbons (Fsp3) is 0.250. The average Bonchev–Trinajstić information content (AvgIpc) is 2.72. The minimum atomic E-state index is -0.0295. The van der Waals surface area contributed by atoms with E-state index < -0.39 is 0 Å². The lowest BCUT2D eigenvalue weighted by Gasteiger charge is -2.10. The van der Waals surface area contributed by atoms with Crippen molar-refractivity contribution in [3.63, 3.8) is 0 Å². The van der Waals surface area contributed by atoms with E-state index in [0.717, 1.165) is 16.7 Å². The van der Waals surface area contributed by atoms with E-state index in [4.69, 9.17) is 0 Å². The van der Waals surface area contributed by atoms with Gasteiger partial charge in [0.1, 0.15) is 0 Å². The summed E-state index contributed by atoms with van der Waals surface area (Å²) in [6.45, 7) is 5.42. The van der Waals surface area contributed by atoms with Gasteiger partial charge in [-0.1, -0.05) is 6.58 Å². The third-order valence-electron chi connectivity index (χ3n) is 2.51. The van der Waals surface area contributed by atoms with Crippen molar-refractivity contribution in [1.82, 2.24) is 4.57 Å². The number of anilines is 1.